The first-order valence-corrected chi connectivity index (χ1v) is 9.40. The third-order valence-electron chi connectivity index (χ3n) is 5.11. The Hall–Kier alpha value is -2.73. The zero-order valence-electron chi connectivity index (χ0n) is 16.7. The molecule has 2 aromatic rings. The summed E-state index contributed by atoms with van der Waals surface area (Å²) in [6.07, 6.45) is 0.429. The minimum Gasteiger partial charge on any atom is -0.496 e. The van der Waals surface area contributed by atoms with Crippen LogP contribution in [0.3, 0.4) is 0 Å². The highest BCUT2D eigenvalue weighted by atomic mass is 19.1. The fraction of sp³-hybridized carbons (Fsp3) is 0.364. The molecular weight excluding hydrogens is 357 g/mol. The van der Waals surface area contributed by atoms with Gasteiger partial charge < -0.3 is 4.74 Å². The predicted molar refractivity (Wildman–Crippen MR) is 108 cm³/mol. The highest BCUT2D eigenvalue weighted by molar-refractivity contribution is 6.03. The van der Waals surface area contributed by atoms with Crippen LogP contribution in [0.15, 0.2) is 53.6 Å². The Balaban J connectivity index is 1.98. The van der Waals surface area contributed by atoms with Crippen LogP contribution < -0.4 is 4.74 Å². The molecule has 28 heavy (non-hydrogen) atoms. The summed E-state index contributed by atoms with van der Waals surface area (Å²) in [6, 6.07) is 14.0. The van der Waals surface area contributed by atoms with E-state index >= 15 is 0 Å². The van der Waals surface area contributed by atoms with Gasteiger partial charge in [-0.1, -0.05) is 36.4 Å². The molecule has 0 saturated carbocycles. The summed E-state index contributed by atoms with van der Waals surface area (Å²) < 4.78 is 19.8. The Labute approximate surface area is 165 Å². The van der Waals surface area contributed by atoms with Gasteiger partial charge in [-0.15, -0.1) is 0 Å². The van der Waals surface area contributed by atoms with E-state index in [1.54, 1.807) is 25.3 Å². The van der Waals surface area contributed by atoms with Crippen LogP contribution in [0.25, 0.3) is 0 Å². The Bertz CT molecular complexity index is 882. The summed E-state index contributed by atoms with van der Waals surface area (Å²) in [5.74, 6) is 0.222. The number of carbonyl (C=O) groups excluding carboxylic acids is 1. The van der Waals surface area contributed by atoms with E-state index in [1.807, 2.05) is 50.1 Å². The fourth-order valence-electron chi connectivity index (χ4n) is 3.25. The number of methoxy groups -OCH3 is 1. The first kappa shape index (κ1) is 20.0. The van der Waals surface area contributed by atoms with Gasteiger partial charge in [-0.05, 0) is 33.0 Å². The summed E-state index contributed by atoms with van der Waals surface area (Å²) in [5, 5.41) is 6.03. The van der Waals surface area contributed by atoms with Gasteiger partial charge in [-0.25, -0.2) is 9.40 Å². The molecule has 5 nitrogen and oxygen atoms in total. The van der Waals surface area contributed by atoms with Crippen molar-refractivity contribution in [2.24, 2.45) is 5.10 Å². The van der Waals surface area contributed by atoms with E-state index in [1.165, 1.54) is 11.1 Å². The molecule has 1 unspecified atom stereocenters. The highest BCUT2D eigenvalue weighted by Gasteiger charge is 2.35. The van der Waals surface area contributed by atoms with Crippen molar-refractivity contribution in [1.29, 1.82) is 0 Å². The first-order chi connectivity index (χ1) is 13.4. The van der Waals surface area contributed by atoms with E-state index in [0.717, 1.165) is 5.56 Å². The van der Waals surface area contributed by atoms with Crippen molar-refractivity contribution in [3.8, 4) is 5.75 Å². The van der Waals surface area contributed by atoms with Crippen LogP contribution in [0.4, 0.5) is 4.39 Å². The Morgan fingerprint density at radius 2 is 1.93 bits per heavy atom. The second-order valence-electron chi connectivity index (χ2n) is 7.24. The molecule has 1 aliphatic heterocycles. The van der Waals surface area contributed by atoms with Gasteiger partial charge in [0.2, 0.25) is 0 Å². The van der Waals surface area contributed by atoms with Gasteiger partial charge in [0.1, 0.15) is 11.6 Å². The zero-order valence-corrected chi connectivity index (χ0v) is 16.7. The minimum atomic E-state index is -0.339. The third-order valence-corrected chi connectivity index (χ3v) is 5.11. The second kappa shape index (κ2) is 8.52. The topological polar surface area (TPSA) is 45.1 Å². The number of carbonyl (C=O) groups is 1. The first-order valence-electron chi connectivity index (χ1n) is 9.40. The van der Waals surface area contributed by atoms with Gasteiger partial charge in [-0.2, -0.15) is 5.10 Å². The molecular formula is C22H26FN3O2. The molecule has 0 fully saturated rings. The molecule has 0 radical (unpaired) electrons. The van der Waals surface area contributed by atoms with Crippen molar-refractivity contribution in [1.82, 2.24) is 9.91 Å². The highest BCUT2D eigenvalue weighted by Crippen LogP contribution is 2.37. The van der Waals surface area contributed by atoms with Crippen LogP contribution in [0.1, 0.15) is 37.4 Å². The van der Waals surface area contributed by atoms with Crippen LogP contribution in [0.2, 0.25) is 0 Å². The maximum atomic E-state index is 14.3. The number of hydrogen-bond donors (Lipinski definition) is 0. The fourth-order valence-corrected chi connectivity index (χ4v) is 3.25. The molecule has 1 aliphatic rings. The Morgan fingerprint density at radius 1 is 1.25 bits per heavy atom. The molecule has 1 atom stereocenters. The van der Waals surface area contributed by atoms with E-state index < -0.39 is 0 Å². The SMILES string of the molecule is COc1ccccc1C1CC(c2ccccc2F)=NN1C(=O)CN(C)C(C)C. The van der Waals surface area contributed by atoms with Crippen LogP contribution >= 0.6 is 0 Å². The average Bonchev–Trinajstić information content (AvgIpc) is 3.13. The minimum absolute atomic E-state index is 0.126. The number of likely N-dealkylation sites (N-methyl/N-ethyl adjacent to an activating group) is 1. The monoisotopic (exact) mass is 383 g/mol. The molecule has 148 valence electrons. The van der Waals surface area contributed by atoms with E-state index in [9.17, 15) is 9.18 Å². The van der Waals surface area contributed by atoms with Crippen molar-refractivity contribution >= 4 is 11.6 Å². The molecule has 1 amide bonds. The van der Waals surface area contributed by atoms with Crippen molar-refractivity contribution in [3.05, 3.63) is 65.5 Å². The van der Waals surface area contributed by atoms with E-state index in [-0.39, 0.29) is 30.4 Å². The quantitative estimate of drug-likeness (QED) is 0.761. The van der Waals surface area contributed by atoms with Gasteiger partial charge in [0.25, 0.3) is 5.91 Å². The summed E-state index contributed by atoms with van der Waals surface area (Å²) in [4.78, 5) is 15.0. The molecule has 0 bridgehead atoms. The number of hydrogen-bond acceptors (Lipinski definition) is 4. The Morgan fingerprint density at radius 3 is 2.61 bits per heavy atom. The molecule has 0 spiro atoms. The number of halogens is 1. The summed E-state index contributed by atoms with van der Waals surface area (Å²) >= 11 is 0. The number of benzene rings is 2. The largest absolute Gasteiger partial charge is 0.496 e. The van der Waals surface area contributed by atoms with E-state index in [2.05, 4.69) is 5.10 Å². The van der Waals surface area contributed by atoms with Crippen molar-refractivity contribution in [2.45, 2.75) is 32.4 Å². The standard InChI is InChI=1S/C22H26FN3O2/c1-15(2)25(3)14-22(27)26-20(17-10-6-8-12-21(17)28-4)13-19(24-26)16-9-5-7-11-18(16)23/h5-12,15,20H,13-14H2,1-4H3. The molecule has 0 saturated heterocycles. The molecule has 1 heterocycles. The molecule has 2 aromatic carbocycles. The van der Waals surface area contributed by atoms with Gasteiger partial charge in [-0.3, -0.25) is 9.69 Å². The third kappa shape index (κ3) is 4.07. The van der Waals surface area contributed by atoms with Crippen LogP contribution in [0.5, 0.6) is 5.75 Å². The summed E-state index contributed by atoms with van der Waals surface area (Å²) in [6.45, 7) is 4.30. The van der Waals surface area contributed by atoms with Crippen molar-refractivity contribution in [3.63, 3.8) is 0 Å². The van der Waals surface area contributed by atoms with Crippen molar-refractivity contribution < 1.29 is 13.9 Å². The van der Waals surface area contributed by atoms with Crippen LogP contribution in [-0.2, 0) is 4.79 Å². The normalized spacial score (nSPS) is 16.6. The average molecular weight is 383 g/mol. The summed E-state index contributed by atoms with van der Waals surface area (Å²) in [7, 11) is 3.50. The van der Waals surface area contributed by atoms with E-state index in [0.29, 0.717) is 23.4 Å². The number of rotatable bonds is 6. The number of para-hydroxylation sites is 1. The van der Waals surface area contributed by atoms with Gasteiger partial charge in [0.15, 0.2) is 0 Å². The zero-order chi connectivity index (χ0) is 20.3. The number of amides is 1. The lowest BCUT2D eigenvalue weighted by molar-refractivity contribution is -0.134. The Kier molecular flexibility index (Phi) is 6.09. The molecule has 0 aliphatic carbocycles. The lowest BCUT2D eigenvalue weighted by Crippen LogP contribution is -2.39. The van der Waals surface area contributed by atoms with E-state index in [4.69, 9.17) is 4.74 Å². The maximum Gasteiger partial charge on any atom is 0.257 e. The number of nitrogens with zero attached hydrogens (tertiary/aromatic N) is 3. The van der Waals surface area contributed by atoms with Gasteiger partial charge >= 0.3 is 0 Å². The lowest BCUT2D eigenvalue weighted by Gasteiger charge is -2.27. The van der Waals surface area contributed by atoms with Crippen LogP contribution in [-0.4, -0.2) is 48.3 Å². The molecule has 0 N–H and O–H groups in total. The second-order valence-corrected chi connectivity index (χ2v) is 7.24. The predicted octanol–water partition coefficient (Wildman–Crippen LogP) is 3.85. The molecule has 0 aromatic heterocycles. The number of hydrazone groups is 1. The lowest BCUT2D eigenvalue weighted by atomic mass is 9.97. The summed E-state index contributed by atoms with van der Waals surface area (Å²) in [5.41, 5.74) is 1.85. The van der Waals surface area contributed by atoms with Gasteiger partial charge in [0.05, 0.1) is 25.4 Å². The molecule has 6 heteroatoms. The van der Waals surface area contributed by atoms with Gasteiger partial charge in [0, 0.05) is 23.6 Å². The van der Waals surface area contributed by atoms with Crippen LogP contribution in [0, 0.1) is 5.82 Å². The number of ether oxygens (including phenoxy) is 1. The smallest absolute Gasteiger partial charge is 0.257 e. The van der Waals surface area contributed by atoms with Crippen molar-refractivity contribution in [2.75, 3.05) is 20.7 Å². The maximum absolute atomic E-state index is 14.3. The molecule has 3 rings (SSSR count).